The van der Waals surface area contributed by atoms with Gasteiger partial charge in [-0.2, -0.15) is 0 Å². The number of carbonyl (C=O) groups excluding carboxylic acids is 1. The Bertz CT molecular complexity index is 1000. The molecule has 1 aliphatic rings. The van der Waals surface area contributed by atoms with Gasteiger partial charge < -0.3 is 15.4 Å². The number of pyridine rings is 1. The van der Waals surface area contributed by atoms with Crippen LogP contribution in [0.4, 0.5) is 5.82 Å². The van der Waals surface area contributed by atoms with Crippen molar-refractivity contribution in [1.29, 1.82) is 0 Å². The average molecular weight is 378 g/mol. The monoisotopic (exact) mass is 378 g/mol. The molecule has 1 saturated heterocycles. The summed E-state index contributed by atoms with van der Waals surface area (Å²) in [7, 11) is 1.52. The predicted molar refractivity (Wildman–Crippen MR) is 106 cm³/mol. The van der Waals surface area contributed by atoms with E-state index < -0.39 is 0 Å². The topological polar surface area (TPSA) is 97.5 Å². The number of hydrogen-bond donors (Lipinski definition) is 1. The van der Waals surface area contributed by atoms with E-state index in [4.69, 9.17) is 10.5 Å². The van der Waals surface area contributed by atoms with E-state index in [2.05, 4.69) is 19.9 Å². The Balaban J connectivity index is 1.41. The second kappa shape index (κ2) is 7.77. The molecule has 3 heterocycles. The van der Waals surface area contributed by atoms with Crippen LogP contribution in [-0.2, 0) is 6.54 Å². The molecule has 0 saturated carbocycles. The summed E-state index contributed by atoms with van der Waals surface area (Å²) in [5, 5.41) is 0.868. The molecule has 3 aromatic rings. The lowest BCUT2D eigenvalue weighted by molar-refractivity contribution is 0.0621. The van der Waals surface area contributed by atoms with Gasteiger partial charge in [0, 0.05) is 37.8 Å². The van der Waals surface area contributed by atoms with E-state index >= 15 is 0 Å². The van der Waals surface area contributed by atoms with Gasteiger partial charge in [-0.15, -0.1) is 0 Å². The third-order valence-electron chi connectivity index (χ3n) is 4.90. The number of benzene rings is 1. The van der Waals surface area contributed by atoms with Crippen LogP contribution in [0, 0.1) is 0 Å². The Kier molecular flexibility index (Phi) is 5.03. The molecule has 1 fully saturated rings. The van der Waals surface area contributed by atoms with Gasteiger partial charge >= 0.3 is 0 Å². The van der Waals surface area contributed by atoms with Gasteiger partial charge in [0.05, 0.1) is 19.2 Å². The number of nitrogens with two attached hydrogens (primary N) is 1. The van der Waals surface area contributed by atoms with Crippen LogP contribution >= 0.6 is 0 Å². The van der Waals surface area contributed by atoms with Gasteiger partial charge in [0.2, 0.25) is 5.88 Å². The molecule has 28 heavy (non-hydrogen) atoms. The lowest BCUT2D eigenvalue weighted by Crippen LogP contribution is -2.48. The maximum atomic E-state index is 12.8. The number of methoxy groups -OCH3 is 1. The zero-order chi connectivity index (χ0) is 19.5. The van der Waals surface area contributed by atoms with Crippen molar-refractivity contribution >= 4 is 22.6 Å². The molecule has 0 spiro atoms. The highest BCUT2D eigenvalue weighted by atomic mass is 16.5. The van der Waals surface area contributed by atoms with Gasteiger partial charge in [0.1, 0.15) is 17.2 Å². The van der Waals surface area contributed by atoms with E-state index in [1.165, 1.54) is 7.11 Å². The number of nitrogens with zero attached hydrogens (tertiary/aromatic N) is 5. The summed E-state index contributed by atoms with van der Waals surface area (Å²) in [4.78, 5) is 30.0. The first-order valence-corrected chi connectivity index (χ1v) is 9.17. The first kappa shape index (κ1) is 18.1. The van der Waals surface area contributed by atoms with Gasteiger partial charge in [-0.05, 0) is 24.3 Å². The molecule has 8 nitrogen and oxygen atoms in total. The maximum Gasteiger partial charge on any atom is 0.259 e. The number of anilines is 1. The van der Waals surface area contributed by atoms with Gasteiger partial charge in [0.25, 0.3) is 5.91 Å². The molecule has 2 aromatic heterocycles. The van der Waals surface area contributed by atoms with Crippen LogP contribution in [0.15, 0.2) is 42.6 Å². The van der Waals surface area contributed by atoms with Gasteiger partial charge in [-0.1, -0.05) is 12.1 Å². The lowest BCUT2D eigenvalue weighted by atomic mass is 10.2. The minimum atomic E-state index is -0.0594. The normalized spacial score (nSPS) is 15.0. The molecule has 0 aliphatic carbocycles. The zero-order valence-electron chi connectivity index (χ0n) is 15.7. The largest absolute Gasteiger partial charge is 0.480 e. The fourth-order valence-corrected chi connectivity index (χ4v) is 3.42. The van der Waals surface area contributed by atoms with Crippen LogP contribution in [0.2, 0.25) is 0 Å². The minimum Gasteiger partial charge on any atom is -0.480 e. The summed E-state index contributed by atoms with van der Waals surface area (Å²) >= 11 is 0. The number of rotatable bonds is 4. The van der Waals surface area contributed by atoms with Gasteiger partial charge in [0.15, 0.2) is 0 Å². The van der Waals surface area contributed by atoms with Crippen molar-refractivity contribution in [2.75, 3.05) is 39.0 Å². The molecule has 2 N–H and O–H groups in total. The van der Waals surface area contributed by atoms with Crippen LogP contribution in [0.5, 0.6) is 5.88 Å². The fraction of sp³-hybridized carbons (Fsp3) is 0.300. The van der Waals surface area contributed by atoms with Crippen molar-refractivity contribution < 1.29 is 9.53 Å². The quantitative estimate of drug-likeness (QED) is 0.736. The van der Waals surface area contributed by atoms with Crippen LogP contribution in [0.1, 0.15) is 16.2 Å². The van der Waals surface area contributed by atoms with Crippen molar-refractivity contribution in [2.24, 2.45) is 0 Å². The molecule has 1 aliphatic heterocycles. The van der Waals surface area contributed by atoms with Crippen molar-refractivity contribution in [3.05, 3.63) is 54.0 Å². The first-order chi connectivity index (χ1) is 13.7. The minimum absolute atomic E-state index is 0.0594. The number of para-hydroxylation sites is 1. The summed E-state index contributed by atoms with van der Waals surface area (Å²) in [5.41, 5.74) is 7.41. The molecule has 4 rings (SSSR count). The van der Waals surface area contributed by atoms with Gasteiger partial charge in [-0.25, -0.2) is 15.0 Å². The summed E-state index contributed by atoms with van der Waals surface area (Å²) in [6.07, 6.45) is 1.61. The molecule has 0 bridgehead atoms. The molecule has 1 aromatic carbocycles. The van der Waals surface area contributed by atoms with E-state index in [0.29, 0.717) is 42.7 Å². The van der Waals surface area contributed by atoms with E-state index in [-0.39, 0.29) is 5.91 Å². The summed E-state index contributed by atoms with van der Waals surface area (Å²) < 4.78 is 5.21. The van der Waals surface area contributed by atoms with Crippen molar-refractivity contribution in [2.45, 2.75) is 6.54 Å². The highest BCUT2D eigenvalue weighted by Crippen LogP contribution is 2.19. The molecule has 0 atom stereocenters. The van der Waals surface area contributed by atoms with Crippen molar-refractivity contribution in [3.63, 3.8) is 0 Å². The van der Waals surface area contributed by atoms with E-state index in [1.807, 2.05) is 29.2 Å². The van der Waals surface area contributed by atoms with E-state index in [1.54, 1.807) is 18.3 Å². The third kappa shape index (κ3) is 3.59. The predicted octanol–water partition coefficient (Wildman–Crippen LogP) is 1.57. The van der Waals surface area contributed by atoms with Crippen molar-refractivity contribution in [1.82, 2.24) is 24.8 Å². The standard InChI is InChI=1S/C20H22N6O2/c1-28-19-15(6-4-8-22-19)20(27)26-11-9-25(10-12-26)13-17-23-16-7-3-2-5-14(16)18(21)24-17/h2-8H,9-13H2,1H3,(H2,21,23,24). The van der Waals surface area contributed by atoms with Crippen molar-refractivity contribution in [3.8, 4) is 5.88 Å². The van der Waals surface area contributed by atoms with E-state index in [0.717, 1.165) is 24.0 Å². The third-order valence-corrected chi connectivity index (χ3v) is 4.90. The Morgan fingerprint density at radius 3 is 2.68 bits per heavy atom. The van der Waals surface area contributed by atoms with E-state index in [9.17, 15) is 4.79 Å². The summed E-state index contributed by atoms with van der Waals surface area (Å²) in [6.45, 7) is 3.34. The second-order valence-electron chi connectivity index (χ2n) is 6.67. The number of ether oxygens (including phenoxy) is 1. The van der Waals surface area contributed by atoms with Crippen LogP contribution in [0.25, 0.3) is 10.9 Å². The van der Waals surface area contributed by atoms with Gasteiger partial charge in [-0.3, -0.25) is 9.69 Å². The smallest absolute Gasteiger partial charge is 0.259 e. The second-order valence-corrected chi connectivity index (χ2v) is 6.67. The number of carbonyl (C=O) groups is 1. The highest BCUT2D eigenvalue weighted by Gasteiger charge is 2.25. The zero-order valence-corrected chi connectivity index (χ0v) is 15.7. The lowest BCUT2D eigenvalue weighted by Gasteiger charge is -2.34. The number of nitrogen functional groups attached to an aromatic ring is 1. The van der Waals surface area contributed by atoms with Crippen LogP contribution in [0.3, 0.4) is 0 Å². The summed E-state index contributed by atoms with van der Waals surface area (Å²) in [6, 6.07) is 11.2. The van der Waals surface area contributed by atoms with Crippen LogP contribution in [-0.4, -0.2) is 63.9 Å². The molecule has 0 radical (unpaired) electrons. The molecular formula is C20H22N6O2. The molecule has 0 unspecified atom stereocenters. The summed E-state index contributed by atoms with van der Waals surface area (Å²) in [5.74, 6) is 1.49. The molecule has 1 amide bonds. The fourth-order valence-electron chi connectivity index (χ4n) is 3.42. The Hall–Kier alpha value is -3.26. The first-order valence-electron chi connectivity index (χ1n) is 9.17. The van der Waals surface area contributed by atoms with Crippen LogP contribution < -0.4 is 10.5 Å². The maximum absolute atomic E-state index is 12.8. The number of hydrogen-bond acceptors (Lipinski definition) is 7. The number of amides is 1. The molecular weight excluding hydrogens is 356 g/mol. The Morgan fingerprint density at radius 1 is 1.11 bits per heavy atom. The number of piperazine rings is 1. The Labute approximate surface area is 163 Å². The molecule has 8 heteroatoms. The average Bonchev–Trinajstić information content (AvgIpc) is 2.74. The highest BCUT2D eigenvalue weighted by molar-refractivity contribution is 5.96. The number of aromatic nitrogens is 3. The Morgan fingerprint density at radius 2 is 1.89 bits per heavy atom. The molecule has 144 valence electrons. The SMILES string of the molecule is COc1ncccc1C(=O)N1CCN(Cc2nc(N)c3ccccc3n2)CC1. The number of fused-ring (bicyclic) bond motifs is 1.